The highest BCUT2D eigenvalue weighted by Crippen LogP contribution is 2.36. The van der Waals surface area contributed by atoms with Crippen molar-refractivity contribution in [3.05, 3.63) is 59.7 Å². The van der Waals surface area contributed by atoms with Crippen LogP contribution in [0.3, 0.4) is 0 Å². The number of carbonyl (C=O) groups excluding carboxylic acids is 1. The van der Waals surface area contributed by atoms with E-state index in [4.69, 9.17) is 4.74 Å². The first-order valence-electron chi connectivity index (χ1n) is 8.80. The number of halogens is 3. The summed E-state index contributed by atoms with van der Waals surface area (Å²) in [5, 5.41) is 0.0950. The molecule has 1 aromatic heterocycles. The highest BCUT2D eigenvalue weighted by atomic mass is 32.2. The maximum Gasteiger partial charge on any atom is 0.416 e. The topological polar surface area (TPSA) is 44.1 Å². The number of aromatic nitrogens is 2. The van der Waals surface area contributed by atoms with Crippen molar-refractivity contribution in [2.24, 2.45) is 0 Å². The third-order valence-corrected chi connectivity index (χ3v) is 5.79. The lowest BCUT2D eigenvalue weighted by molar-refractivity contribution is -0.140. The van der Waals surface area contributed by atoms with Crippen LogP contribution in [0.1, 0.15) is 24.5 Å². The van der Waals surface area contributed by atoms with E-state index < -0.39 is 17.0 Å². The van der Waals surface area contributed by atoms with Gasteiger partial charge in [0, 0.05) is 6.42 Å². The molecule has 0 N–H and O–H groups in total. The van der Waals surface area contributed by atoms with Gasteiger partial charge in [-0.25, -0.2) is 4.98 Å². The molecule has 0 unspecified atom stereocenters. The van der Waals surface area contributed by atoms with Crippen LogP contribution in [0.5, 0.6) is 0 Å². The van der Waals surface area contributed by atoms with Crippen molar-refractivity contribution in [2.45, 2.75) is 42.6 Å². The molecule has 1 aliphatic heterocycles. The summed E-state index contributed by atoms with van der Waals surface area (Å²) in [7, 11) is 0. The highest BCUT2D eigenvalue weighted by molar-refractivity contribution is 8.00. The summed E-state index contributed by atoms with van der Waals surface area (Å²) in [5.74, 6) is -0.313. The van der Waals surface area contributed by atoms with Crippen molar-refractivity contribution in [3.8, 4) is 0 Å². The summed E-state index contributed by atoms with van der Waals surface area (Å²) in [4.78, 5) is 16.5. The van der Waals surface area contributed by atoms with Gasteiger partial charge in [0.15, 0.2) is 5.16 Å². The summed E-state index contributed by atoms with van der Waals surface area (Å²) >= 11 is 1.24. The van der Waals surface area contributed by atoms with Crippen LogP contribution in [-0.4, -0.2) is 26.9 Å². The Hall–Kier alpha value is -2.48. The highest BCUT2D eigenvalue weighted by Gasteiger charge is 2.35. The summed E-state index contributed by atoms with van der Waals surface area (Å²) in [5.41, 5.74) is 1.10. The summed E-state index contributed by atoms with van der Waals surface area (Å²) in [6, 6.07) is 13.1. The number of benzene rings is 2. The number of fused-ring (bicyclic) bond motifs is 1. The van der Waals surface area contributed by atoms with E-state index in [-0.39, 0.29) is 17.6 Å². The molecule has 1 saturated heterocycles. The summed E-state index contributed by atoms with van der Waals surface area (Å²) in [6.45, 7) is 2.27. The van der Waals surface area contributed by atoms with Crippen molar-refractivity contribution in [1.82, 2.24) is 9.55 Å². The molecule has 0 spiro atoms. The third-order valence-electron chi connectivity index (χ3n) is 4.60. The van der Waals surface area contributed by atoms with Crippen LogP contribution >= 0.6 is 11.8 Å². The zero-order valence-corrected chi connectivity index (χ0v) is 15.8. The molecule has 0 saturated carbocycles. The third kappa shape index (κ3) is 3.73. The molecular formula is C20H17F3N2O2S. The normalized spacial score (nSPS) is 19.9. The van der Waals surface area contributed by atoms with E-state index >= 15 is 0 Å². The molecule has 1 aliphatic rings. The number of rotatable bonds is 4. The molecule has 0 radical (unpaired) electrons. The lowest BCUT2D eigenvalue weighted by Crippen LogP contribution is -2.11. The van der Waals surface area contributed by atoms with Crippen molar-refractivity contribution >= 4 is 28.8 Å². The fraction of sp³-hybridized carbons (Fsp3) is 0.300. The largest absolute Gasteiger partial charge is 0.462 e. The smallest absolute Gasteiger partial charge is 0.416 e. The molecule has 0 aliphatic carbocycles. The molecule has 3 aromatic rings. The van der Waals surface area contributed by atoms with Crippen LogP contribution in [-0.2, 0) is 22.3 Å². The zero-order valence-electron chi connectivity index (χ0n) is 14.9. The van der Waals surface area contributed by atoms with Gasteiger partial charge in [-0.1, -0.05) is 42.1 Å². The molecule has 2 aromatic carbocycles. The number of alkyl halides is 3. The molecular weight excluding hydrogens is 389 g/mol. The van der Waals surface area contributed by atoms with E-state index in [0.717, 1.165) is 17.7 Å². The van der Waals surface area contributed by atoms with Crippen LogP contribution in [0.4, 0.5) is 13.2 Å². The van der Waals surface area contributed by atoms with E-state index in [1.54, 1.807) is 0 Å². The number of thioether (sulfide) groups is 1. The van der Waals surface area contributed by atoms with Gasteiger partial charge in [0.05, 0.1) is 23.1 Å². The second kappa shape index (κ2) is 7.16. The Labute approximate surface area is 163 Å². The minimum atomic E-state index is -4.44. The van der Waals surface area contributed by atoms with Gasteiger partial charge in [0.1, 0.15) is 11.4 Å². The number of ether oxygens (including phenoxy) is 1. The van der Waals surface area contributed by atoms with Gasteiger partial charge >= 0.3 is 12.1 Å². The average molecular weight is 406 g/mol. The van der Waals surface area contributed by atoms with Crippen LogP contribution in [0.2, 0.25) is 0 Å². The fourth-order valence-electron chi connectivity index (χ4n) is 3.24. The van der Waals surface area contributed by atoms with Gasteiger partial charge in [-0.2, -0.15) is 13.2 Å². The second-order valence-corrected chi connectivity index (χ2v) is 7.93. The van der Waals surface area contributed by atoms with E-state index in [9.17, 15) is 18.0 Å². The predicted molar refractivity (Wildman–Crippen MR) is 100 cm³/mol. The van der Waals surface area contributed by atoms with Gasteiger partial charge < -0.3 is 9.30 Å². The Morgan fingerprint density at radius 3 is 2.61 bits per heavy atom. The van der Waals surface area contributed by atoms with Crippen molar-refractivity contribution in [1.29, 1.82) is 0 Å². The molecule has 0 amide bonds. The SMILES string of the molecule is C[C@@H]1C[C@H](Sc2nc3cc(C(F)(F)F)ccc3n2Cc2ccccc2)C(=O)O1. The maximum absolute atomic E-state index is 13.1. The van der Waals surface area contributed by atoms with Crippen LogP contribution in [0.15, 0.2) is 53.7 Å². The molecule has 4 nitrogen and oxygen atoms in total. The molecule has 28 heavy (non-hydrogen) atoms. The predicted octanol–water partition coefficient (Wildman–Crippen LogP) is 4.90. The maximum atomic E-state index is 13.1. The number of hydrogen-bond donors (Lipinski definition) is 0. The molecule has 1 fully saturated rings. The fourth-order valence-corrected chi connectivity index (χ4v) is 4.45. The Kier molecular flexibility index (Phi) is 4.82. The van der Waals surface area contributed by atoms with Crippen molar-refractivity contribution in [2.75, 3.05) is 0 Å². The van der Waals surface area contributed by atoms with Gasteiger partial charge in [-0.05, 0) is 30.7 Å². The van der Waals surface area contributed by atoms with E-state index in [2.05, 4.69) is 4.98 Å². The number of cyclic esters (lactones) is 1. The Morgan fingerprint density at radius 1 is 1.21 bits per heavy atom. The first-order valence-corrected chi connectivity index (χ1v) is 9.68. The Balaban J connectivity index is 1.76. The monoisotopic (exact) mass is 406 g/mol. The molecule has 2 atom stereocenters. The van der Waals surface area contributed by atoms with Crippen molar-refractivity contribution < 1.29 is 22.7 Å². The molecule has 146 valence electrons. The minimum absolute atomic E-state index is 0.172. The molecule has 0 bridgehead atoms. The Morgan fingerprint density at radius 2 is 1.96 bits per heavy atom. The van der Waals surface area contributed by atoms with E-state index in [0.29, 0.717) is 23.6 Å². The number of imidazole rings is 1. The molecule has 8 heteroatoms. The lowest BCUT2D eigenvalue weighted by atomic mass is 10.2. The average Bonchev–Trinajstić information content (AvgIpc) is 3.14. The standard InChI is InChI=1S/C20H17F3N2O2S/c1-12-9-17(18(26)27-12)28-19-24-15-10-14(20(21,22)23)7-8-16(15)25(19)11-13-5-3-2-4-6-13/h2-8,10,12,17H,9,11H2,1H3/t12-,17+/m1/s1. The van der Waals surface area contributed by atoms with E-state index in [1.165, 1.54) is 17.8 Å². The van der Waals surface area contributed by atoms with E-state index in [1.807, 2.05) is 41.8 Å². The number of nitrogens with zero attached hydrogens (tertiary/aromatic N) is 2. The van der Waals surface area contributed by atoms with Crippen molar-refractivity contribution in [3.63, 3.8) is 0 Å². The van der Waals surface area contributed by atoms with Crippen LogP contribution < -0.4 is 0 Å². The molecule has 2 heterocycles. The number of esters is 1. The minimum Gasteiger partial charge on any atom is -0.462 e. The second-order valence-electron chi connectivity index (χ2n) is 6.76. The van der Waals surface area contributed by atoms with Gasteiger partial charge in [-0.3, -0.25) is 4.79 Å². The van der Waals surface area contributed by atoms with Crippen LogP contribution in [0, 0.1) is 0 Å². The number of hydrogen-bond acceptors (Lipinski definition) is 4. The lowest BCUT2D eigenvalue weighted by Gasteiger charge is -2.11. The van der Waals surface area contributed by atoms with Gasteiger partial charge in [-0.15, -0.1) is 0 Å². The first kappa shape index (κ1) is 18.9. The number of carbonyl (C=O) groups is 1. The molecule has 4 rings (SSSR count). The summed E-state index contributed by atoms with van der Waals surface area (Å²) < 4.78 is 46.3. The zero-order chi connectivity index (χ0) is 19.9. The first-order chi connectivity index (χ1) is 13.3. The Bertz CT molecular complexity index is 1020. The quantitative estimate of drug-likeness (QED) is 0.578. The summed E-state index contributed by atoms with van der Waals surface area (Å²) in [6.07, 6.45) is -4.06. The van der Waals surface area contributed by atoms with Gasteiger partial charge in [0.2, 0.25) is 0 Å². The van der Waals surface area contributed by atoms with Crippen LogP contribution in [0.25, 0.3) is 11.0 Å². The van der Waals surface area contributed by atoms with Gasteiger partial charge in [0.25, 0.3) is 0 Å².